The first-order valence-corrected chi connectivity index (χ1v) is 8.99. The number of nitrogens with one attached hydrogen (secondary N) is 1. The monoisotopic (exact) mass is 355 g/mol. The predicted octanol–water partition coefficient (Wildman–Crippen LogP) is 4.00. The molecule has 25 heavy (non-hydrogen) atoms. The van der Waals surface area contributed by atoms with Crippen molar-refractivity contribution in [3.8, 4) is 0 Å². The molecule has 2 heterocycles. The number of halogens is 1. The van der Waals surface area contributed by atoms with Gasteiger partial charge in [0, 0.05) is 35.9 Å². The Bertz CT molecular complexity index is 872. The molecule has 0 atom stereocenters. The average molecular weight is 356 g/mol. The van der Waals surface area contributed by atoms with Gasteiger partial charge < -0.3 is 9.88 Å². The molecule has 1 aromatic carbocycles. The SMILES string of the molecule is CCCn1cc(CCNC(=O)Cc2ccccc2Cl)c2cccnc21. The lowest BCUT2D eigenvalue weighted by Crippen LogP contribution is -2.27. The average Bonchev–Trinajstić information content (AvgIpc) is 2.96. The Morgan fingerprint density at radius 2 is 2.04 bits per heavy atom. The molecule has 4 nitrogen and oxygen atoms in total. The van der Waals surface area contributed by atoms with E-state index >= 15 is 0 Å². The number of fused-ring (bicyclic) bond motifs is 1. The van der Waals surface area contributed by atoms with E-state index < -0.39 is 0 Å². The first-order chi connectivity index (χ1) is 12.2. The van der Waals surface area contributed by atoms with Gasteiger partial charge in [0.1, 0.15) is 5.65 Å². The van der Waals surface area contributed by atoms with Crippen LogP contribution in [0.25, 0.3) is 11.0 Å². The second-order valence-corrected chi connectivity index (χ2v) is 6.50. The van der Waals surface area contributed by atoms with E-state index in [0.717, 1.165) is 36.0 Å². The normalized spacial score (nSPS) is 11.0. The van der Waals surface area contributed by atoms with E-state index in [0.29, 0.717) is 18.0 Å². The molecule has 0 spiro atoms. The minimum Gasteiger partial charge on any atom is -0.355 e. The van der Waals surface area contributed by atoms with Gasteiger partial charge in [-0.2, -0.15) is 0 Å². The highest BCUT2D eigenvalue weighted by Gasteiger charge is 2.10. The van der Waals surface area contributed by atoms with Crippen molar-refractivity contribution in [3.05, 3.63) is 64.9 Å². The lowest BCUT2D eigenvalue weighted by Gasteiger charge is -2.06. The zero-order valence-electron chi connectivity index (χ0n) is 14.3. The number of aryl methyl sites for hydroxylation is 1. The summed E-state index contributed by atoms with van der Waals surface area (Å²) < 4.78 is 2.19. The van der Waals surface area contributed by atoms with E-state index in [2.05, 4.69) is 34.1 Å². The number of hydrogen-bond acceptors (Lipinski definition) is 2. The molecule has 0 bridgehead atoms. The summed E-state index contributed by atoms with van der Waals surface area (Å²) in [7, 11) is 0. The molecule has 0 saturated carbocycles. The van der Waals surface area contributed by atoms with E-state index in [1.54, 1.807) is 6.07 Å². The van der Waals surface area contributed by atoms with Crippen LogP contribution in [-0.4, -0.2) is 22.0 Å². The van der Waals surface area contributed by atoms with Crippen molar-refractivity contribution in [1.82, 2.24) is 14.9 Å². The molecule has 130 valence electrons. The highest BCUT2D eigenvalue weighted by atomic mass is 35.5. The van der Waals surface area contributed by atoms with Gasteiger partial charge in [-0.3, -0.25) is 4.79 Å². The molecule has 3 rings (SSSR count). The number of pyridine rings is 1. The van der Waals surface area contributed by atoms with E-state index in [1.807, 2.05) is 30.5 Å². The maximum atomic E-state index is 12.1. The summed E-state index contributed by atoms with van der Waals surface area (Å²) in [6.07, 6.45) is 6.13. The molecule has 1 N–H and O–H groups in total. The Hall–Kier alpha value is -2.33. The fourth-order valence-corrected chi connectivity index (χ4v) is 3.22. The Labute approximate surface area is 152 Å². The lowest BCUT2D eigenvalue weighted by molar-refractivity contribution is -0.120. The summed E-state index contributed by atoms with van der Waals surface area (Å²) in [6, 6.07) is 11.5. The number of carbonyl (C=O) groups excluding carboxylic acids is 1. The summed E-state index contributed by atoms with van der Waals surface area (Å²) >= 11 is 6.11. The van der Waals surface area contributed by atoms with Gasteiger partial charge in [-0.25, -0.2) is 4.98 Å². The Morgan fingerprint density at radius 1 is 1.20 bits per heavy atom. The van der Waals surface area contributed by atoms with Crippen molar-refractivity contribution in [3.63, 3.8) is 0 Å². The molecule has 3 aromatic rings. The maximum Gasteiger partial charge on any atom is 0.224 e. The zero-order valence-corrected chi connectivity index (χ0v) is 15.1. The van der Waals surface area contributed by atoms with Crippen LogP contribution in [0.5, 0.6) is 0 Å². The number of rotatable bonds is 7. The van der Waals surface area contributed by atoms with Crippen LogP contribution >= 0.6 is 11.6 Å². The molecule has 0 fully saturated rings. The highest BCUT2D eigenvalue weighted by Crippen LogP contribution is 2.20. The van der Waals surface area contributed by atoms with Gasteiger partial charge in [0.05, 0.1) is 6.42 Å². The molecule has 2 aromatic heterocycles. The van der Waals surface area contributed by atoms with Crippen LogP contribution in [0.2, 0.25) is 5.02 Å². The molecule has 0 saturated heterocycles. The number of carbonyl (C=O) groups is 1. The minimum absolute atomic E-state index is 0.0106. The summed E-state index contributed by atoms with van der Waals surface area (Å²) in [6.45, 7) is 3.71. The zero-order chi connectivity index (χ0) is 17.6. The molecule has 0 aliphatic carbocycles. The molecule has 0 aliphatic rings. The van der Waals surface area contributed by atoms with Gasteiger partial charge in [0.25, 0.3) is 0 Å². The van der Waals surface area contributed by atoms with Crippen LogP contribution in [0.3, 0.4) is 0 Å². The third-order valence-corrected chi connectivity index (χ3v) is 4.57. The number of nitrogens with zero attached hydrogens (tertiary/aromatic N) is 2. The maximum absolute atomic E-state index is 12.1. The molecule has 0 aliphatic heterocycles. The minimum atomic E-state index is -0.0106. The second kappa shape index (κ2) is 8.17. The van der Waals surface area contributed by atoms with Crippen molar-refractivity contribution in [2.75, 3.05) is 6.54 Å². The number of benzene rings is 1. The van der Waals surface area contributed by atoms with Crippen LogP contribution in [0.4, 0.5) is 0 Å². The lowest BCUT2D eigenvalue weighted by atomic mass is 10.1. The number of aromatic nitrogens is 2. The van der Waals surface area contributed by atoms with Gasteiger partial charge in [0.15, 0.2) is 0 Å². The molecule has 0 radical (unpaired) electrons. The molecular formula is C20H22ClN3O. The first-order valence-electron chi connectivity index (χ1n) is 8.62. The molecular weight excluding hydrogens is 334 g/mol. The largest absolute Gasteiger partial charge is 0.355 e. The Morgan fingerprint density at radius 3 is 2.84 bits per heavy atom. The highest BCUT2D eigenvalue weighted by molar-refractivity contribution is 6.31. The fourth-order valence-electron chi connectivity index (χ4n) is 3.02. The van der Waals surface area contributed by atoms with Crippen molar-refractivity contribution in [2.45, 2.75) is 32.7 Å². The van der Waals surface area contributed by atoms with Gasteiger partial charge in [-0.15, -0.1) is 0 Å². The van der Waals surface area contributed by atoms with Crippen LogP contribution in [-0.2, 0) is 24.2 Å². The van der Waals surface area contributed by atoms with Crippen molar-refractivity contribution >= 4 is 28.5 Å². The first kappa shape index (κ1) is 17.5. The van der Waals surface area contributed by atoms with Crippen LogP contribution in [0.1, 0.15) is 24.5 Å². The van der Waals surface area contributed by atoms with Gasteiger partial charge in [-0.05, 0) is 42.2 Å². The van der Waals surface area contributed by atoms with Crippen molar-refractivity contribution < 1.29 is 4.79 Å². The van der Waals surface area contributed by atoms with Crippen molar-refractivity contribution in [1.29, 1.82) is 0 Å². The van der Waals surface area contributed by atoms with Gasteiger partial charge >= 0.3 is 0 Å². The summed E-state index contributed by atoms with van der Waals surface area (Å²) in [5.74, 6) is -0.0106. The molecule has 0 unspecified atom stereocenters. The van der Waals surface area contributed by atoms with Gasteiger partial charge in [0.2, 0.25) is 5.91 Å². The quantitative estimate of drug-likeness (QED) is 0.696. The van der Waals surface area contributed by atoms with E-state index in [-0.39, 0.29) is 5.91 Å². The van der Waals surface area contributed by atoms with Gasteiger partial charge in [-0.1, -0.05) is 36.7 Å². The fraction of sp³-hybridized carbons (Fsp3) is 0.300. The predicted molar refractivity (Wildman–Crippen MR) is 102 cm³/mol. The molecule has 5 heteroatoms. The smallest absolute Gasteiger partial charge is 0.224 e. The summed E-state index contributed by atoms with van der Waals surface area (Å²) in [4.78, 5) is 16.6. The number of amides is 1. The summed E-state index contributed by atoms with van der Waals surface area (Å²) in [5, 5.41) is 4.78. The Kier molecular flexibility index (Phi) is 5.71. The van der Waals surface area contributed by atoms with E-state index in [4.69, 9.17) is 11.6 Å². The van der Waals surface area contributed by atoms with E-state index in [9.17, 15) is 4.79 Å². The van der Waals surface area contributed by atoms with Crippen LogP contribution in [0, 0.1) is 0 Å². The van der Waals surface area contributed by atoms with E-state index in [1.165, 1.54) is 5.56 Å². The third kappa shape index (κ3) is 4.20. The Balaban J connectivity index is 1.61. The molecule has 1 amide bonds. The third-order valence-electron chi connectivity index (χ3n) is 4.21. The van der Waals surface area contributed by atoms with Crippen LogP contribution < -0.4 is 5.32 Å². The van der Waals surface area contributed by atoms with Crippen molar-refractivity contribution in [2.24, 2.45) is 0 Å². The van der Waals surface area contributed by atoms with Crippen LogP contribution in [0.15, 0.2) is 48.8 Å². The summed E-state index contributed by atoms with van der Waals surface area (Å²) in [5.41, 5.74) is 3.08. The standard InChI is InChI=1S/C20H22ClN3O/c1-2-12-24-14-16(17-7-5-10-23-20(17)24)9-11-22-19(25)13-15-6-3-4-8-18(15)21/h3-8,10,14H,2,9,11-13H2,1H3,(H,22,25). The topological polar surface area (TPSA) is 46.9 Å². The second-order valence-electron chi connectivity index (χ2n) is 6.09. The number of hydrogen-bond donors (Lipinski definition) is 1.